The van der Waals surface area contributed by atoms with Crippen LogP contribution in [0.4, 0.5) is 4.79 Å². The van der Waals surface area contributed by atoms with Gasteiger partial charge in [0.15, 0.2) is 0 Å². The van der Waals surface area contributed by atoms with Gasteiger partial charge in [0.1, 0.15) is 5.60 Å². The van der Waals surface area contributed by atoms with Crippen molar-refractivity contribution < 1.29 is 19.4 Å². The molecule has 5 nitrogen and oxygen atoms in total. The second kappa shape index (κ2) is 10.1. The molecule has 1 aliphatic rings. The van der Waals surface area contributed by atoms with Crippen LogP contribution in [-0.4, -0.2) is 33.7 Å². The van der Waals surface area contributed by atoms with Gasteiger partial charge < -0.3 is 9.84 Å². The normalized spacial score (nSPS) is 18.9. The molecule has 1 fully saturated rings. The van der Waals surface area contributed by atoms with E-state index in [4.69, 9.17) is 9.84 Å². The van der Waals surface area contributed by atoms with Gasteiger partial charge in [-0.3, -0.25) is 9.69 Å². The van der Waals surface area contributed by atoms with Gasteiger partial charge in [-0.25, -0.2) is 4.79 Å². The number of carbonyl (C=O) groups excluding carboxylic acids is 1. The van der Waals surface area contributed by atoms with Crippen LogP contribution in [0.1, 0.15) is 75.6 Å². The van der Waals surface area contributed by atoms with Crippen LogP contribution in [0.5, 0.6) is 0 Å². The molecule has 5 heteroatoms. The number of benzene rings is 3. The van der Waals surface area contributed by atoms with E-state index >= 15 is 0 Å². The van der Waals surface area contributed by atoms with E-state index in [-0.39, 0.29) is 24.6 Å². The van der Waals surface area contributed by atoms with Crippen LogP contribution >= 0.6 is 0 Å². The van der Waals surface area contributed by atoms with E-state index in [0.29, 0.717) is 5.92 Å². The van der Waals surface area contributed by atoms with Crippen molar-refractivity contribution in [3.05, 3.63) is 83.4 Å². The molecule has 4 rings (SSSR count). The maximum atomic E-state index is 13.5. The molecule has 35 heavy (non-hydrogen) atoms. The fraction of sp³-hybridized carbons (Fsp3) is 0.400. The predicted molar refractivity (Wildman–Crippen MR) is 139 cm³/mol. The Morgan fingerprint density at radius 2 is 1.69 bits per heavy atom. The van der Waals surface area contributed by atoms with E-state index in [2.05, 4.69) is 37.3 Å². The number of carboxylic acid groups (broad SMARTS) is 1. The number of carbonyl (C=O) groups is 2. The van der Waals surface area contributed by atoms with Gasteiger partial charge >= 0.3 is 12.1 Å². The number of hydrogen-bond donors (Lipinski definition) is 1. The molecule has 0 unspecified atom stereocenters. The van der Waals surface area contributed by atoms with Crippen molar-refractivity contribution in [3.63, 3.8) is 0 Å². The highest BCUT2D eigenvalue weighted by Gasteiger charge is 2.38. The number of ether oxygens (including phenoxy) is 1. The quantitative estimate of drug-likeness (QED) is 0.415. The van der Waals surface area contributed by atoms with E-state index in [0.717, 1.165) is 41.2 Å². The highest BCUT2D eigenvalue weighted by atomic mass is 16.6. The zero-order valence-electron chi connectivity index (χ0n) is 21.0. The van der Waals surface area contributed by atoms with E-state index in [1.54, 1.807) is 0 Å². The summed E-state index contributed by atoms with van der Waals surface area (Å²) < 4.78 is 5.89. The summed E-state index contributed by atoms with van der Waals surface area (Å²) in [6.45, 7) is 7.81. The summed E-state index contributed by atoms with van der Waals surface area (Å²) in [6.07, 6.45) is 2.48. The molecular formula is C30H35NO4. The number of carboxylic acids is 1. The molecular weight excluding hydrogens is 438 g/mol. The zero-order valence-corrected chi connectivity index (χ0v) is 21.0. The minimum Gasteiger partial charge on any atom is -0.481 e. The monoisotopic (exact) mass is 473 g/mol. The number of aliphatic carboxylic acids is 1. The predicted octanol–water partition coefficient (Wildman–Crippen LogP) is 7.10. The van der Waals surface area contributed by atoms with Gasteiger partial charge in [0.25, 0.3) is 0 Å². The molecule has 0 saturated heterocycles. The van der Waals surface area contributed by atoms with Crippen molar-refractivity contribution in [3.8, 4) is 0 Å². The second-order valence-electron chi connectivity index (χ2n) is 10.6. The molecule has 1 aliphatic carbocycles. The van der Waals surface area contributed by atoms with E-state index in [1.807, 2.05) is 62.1 Å². The molecule has 1 saturated carbocycles. The fourth-order valence-electron chi connectivity index (χ4n) is 5.30. The number of fused-ring (bicyclic) bond motifs is 1. The van der Waals surface area contributed by atoms with Crippen LogP contribution in [0.25, 0.3) is 10.8 Å². The van der Waals surface area contributed by atoms with Crippen molar-refractivity contribution in [2.45, 2.75) is 77.0 Å². The van der Waals surface area contributed by atoms with Gasteiger partial charge in [-0.15, -0.1) is 0 Å². The largest absolute Gasteiger partial charge is 0.481 e. The van der Waals surface area contributed by atoms with Crippen LogP contribution in [0.15, 0.2) is 66.7 Å². The Morgan fingerprint density at radius 1 is 1.00 bits per heavy atom. The minimum absolute atomic E-state index is 0.0303. The summed E-state index contributed by atoms with van der Waals surface area (Å²) in [5.74, 6) is -0.502. The maximum Gasteiger partial charge on any atom is 0.411 e. The van der Waals surface area contributed by atoms with E-state index in [1.165, 1.54) is 5.56 Å². The van der Waals surface area contributed by atoms with Crippen LogP contribution in [-0.2, 0) is 16.0 Å². The van der Waals surface area contributed by atoms with Crippen molar-refractivity contribution >= 4 is 22.8 Å². The van der Waals surface area contributed by atoms with Gasteiger partial charge in [-0.2, -0.15) is 0 Å². The van der Waals surface area contributed by atoms with Crippen molar-refractivity contribution in [2.75, 3.05) is 0 Å². The third-order valence-corrected chi connectivity index (χ3v) is 6.90. The van der Waals surface area contributed by atoms with Gasteiger partial charge in [0.2, 0.25) is 0 Å². The van der Waals surface area contributed by atoms with Crippen molar-refractivity contribution in [1.29, 1.82) is 0 Å². The first-order valence-electron chi connectivity index (χ1n) is 12.4. The minimum atomic E-state index is -0.825. The smallest absolute Gasteiger partial charge is 0.411 e. The highest BCUT2D eigenvalue weighted by molar-refractivity contribution is 5.86. The molecule has 0 heterocycles. The lowest BCUT2D eigenvalue weighted by Crippen LogP contribution is -2.44. The molecule has 1 amide bonds. The Kier molecular flexibility index (Phi) is 7.15. The summed E-state index contributed by atoms with van der Waals surface area (Å²) in [5, 5.41) is 11.4. The molecule has 1 N–H and O–H groups in total. The first-order valence-corrected chi connectivity index (χ1v) is 12.4. The first-order chi connectivity index (χ1) is 16.6. The number of amides is 1. The van der Waals surface area contributed by atoms with Gasteiger partial charge in [0, 0.05) is 6.04 Å². The highest BCUT2D eigenvalue weighted by Crippen LogP contribution is 2.41. The Hall–Kier alpha value is -3.34. The Bertz CT molecular complexity index is 1190. The summed E-state index contributed by atoms with van der Waals surface area (Å²) in [7, 11) is 0. The lowest BCUT2D eigenvalue weighted by molar-refractivity contribution is -0.136. The Balaban J connectivity index is 1.61. The molecule has 3 atom stereocenters. The van der Waals surface area contributed by atoms with Gasteiger partial charge in [-0.1, -0.05) is 66.7 Å². The number of nitrogens with zero attached hydrogens (tertiary/aromatic N) is 1. The molecule has 0 aliphatic heterocycles. The standard InChI is InChI=1S/C30H35NO4/c1-20(26-11-7-9-23-8-5-6-10-27(23)26)31(29(34)35-30(2,3)4)25-17-16-24(19-25)22-14-12-21(13-15-22)18-28(32)33/h5-15,20,24-25H,16-19H2,1-4H3,(H,32,33)/t20-,24-,25+/m1/s1. The third-order valence-electron chi connectivity index (χ3n) is 6.90. The third kappa shape index (κ3) is 5.84. The van der Waals surface area contributed by atoms with E-state index in [9.17, 15) is 9.59 Å². The van der Waals surface area contributed by atoms with Crippen LogP contribution in [0.2, 0.25) is 0 Å². The summed E-state index contributed by atoms with van der Waals surface area (Å²) in [6, 6.07) is 22.4. The SMILES string of the molecule is C[C@H](c1cccc2ccccc12)N(C(=O)OC(C)(C)C)[C@H]1CC[C@@H](c2ccc(CC(=O)O)cc2)C1. The molecule has 0 spiro atoms. The van der Waals surface area contributed by atoms with Crippen molar-refractivity contribution in [1.82, 2.24) is 4.90 Å². The Morgan fingerprint density at radius 3 is 2.37 bits per heavy atom. The summed E-state index contributed by atoms with van der Waals surface area (Å²) >= 11 is 0. The lowest BCUT2D eigenvalue weighted by atomic mass is 9.95. The molecule has 0 radical (unpaired) electrons. The summed E-state index contributed by atoms with van der Waals surface area (Å²) in [4.78, 5) is 26.5. The molecule has 3 aromatic carbocycles. The van der Waals surface area contributed by atoms with Crippen LogP contribution < -0.4 is 0 Å². The number of hydrogen-bond acceptors (Lipinski definition) is 3. The maximum absolute atomic E-state index is 13.5. The first kappa shape index (κ1) is 24.8. The molecule has 3 aromatic rings. The van der Waals surface area contributed by atoms with Gasteiger partial charge in [-0.05, 0) is 80.3 Å². The second-order valence-corrected chi connectivity index (χ2v) is 10.6. The molecule has 184 valence electrons. The molecule has 0 aromatic heterocycles. The number of rotatable bonds is 6. The fourth-order valence-corrected chi connectivity index (χ4v) is 5.30. The lowest BCUT2D eigenvalue weighted by Gasteiger charge is -2.37. The molecule has 0 bridgehead atoms. The van der Waals surface area contributed by atoms with Crippen LogP contribution in [0, 0.1) is 0 Å². The Labute approximate surface area is 207 Å². The average molecular weight is 474 g/mol. The van der Waals surface area contributed by atoms with Crippen molar-refractivity contribution in [2.24, 2.45) is 0 Å². The average Bonchev–Trinajstić information content (AvgIpc) is 3.27. The van der Waals surface area contributed by atoms with Gasteiger partial charge in [0.05, 0.1) is 12.5 Å². The zero-order chi connectivity index (χ0) is 25.2. The van der Waals surface area contributed by atoms with E-state index < -0.39 is 11.6 Å². The summed E-state index contributed by atoms with van der Waals surface area (Å²) in [5.41, 5.74) is 2.54. The topological polar surface area (TPSA) is 66.8 Å². The van der Waals surface area contributed by atoms with Crippen LogP contribution in [0.3, 0.4) is 0 Å².